The van der Waals surface area contributed by atoms with Crippen LogP contribution in [0.15, 0.2) is 48.5 Å². The molecule has 1 aliphatic rings. The molecule has 0 radical (unpaired) electrons. The number of rotatable bonds is 6. The van der Waals surface area contributed by atoms with Crippen molar-refractivity contribution in [1.29, 1.82) is 0 Å². The van der Waals surface area contributed by atoms with Gasteiger partial charge in [0.05, 0.1) is 13.2 Å². The van der Waals surface area contributed by atoms with Crippen molar-refractivity contribution in [2.24, 2.45) is 0 Å². The van der Waals surface area contributed by atoms with Crippen molar-refractivity contribution >= 4 is 11.7 Å². The minimum atomic E-state index is -0.0474. The van der Waals surface area contributed by atoms with Crippen molar-refractivity contribution in [2.75, 3.05) is 38.6 Å². The van der Waals surface area contributed by atoms with Gasteiger partial charge in [-0.1, -0.05) is 12.1 Å². The highest BCUT2D eigenvalue weighted by atomic mass is 16.5. The van der Waals surface area contributed by atoms with Gasteiger partial charge in [0.1, 0.15) is 11.5 Å². The summed E-state index contributed by atoms with van der Waals surface area (Å²) in [7, 11) is 1.68. The summed E-state index contributed by atoms with van der Waals surface area (Å²) in [4.78, 5) is 17.0. The maximum Gasteiger partial charge on any atom is 0.321 e. The van der Waals surface area contributed by atoms with Crippen LogP contribution in [0, 0.1) is 0 Å². The molecule has 0 saturated carbocycles. The summed E-state index contributed by atoms with van der Waals surface area (Å²) in [6.45, 7) is 8.20. The van der Waals surface area contributed by atoms with Crippen LogP contribution in [0.4, 0.5) is 10.5 Å². The number of urea groups is 1. The molecule has 6 heteroatoms. The third-order valence-electron chi connectivity index (χ3n) is 4.92. The van der Waals surface area contributed by atoms with Crippen LogP contribution < -0.4 is 14.8 Å². The van der Waals surface area contributed by atoms with E-state index in [9.17, 15) is 4.79 Å². The first kappa shape index (κ1) is 21.0. The van der Waals surface area contributed by atoms with Gasteiger partial charge in [-0.15, -0.1) is 0 Å². The molecule has 1 aliphatic heterocycles. The van der Waals surface area contributed by atoms with E-state index in [4.69, 9.17) is 9.47 Å². The number of hydrogen-bond acceptors (Lipinski definition) is 4. The summed E-state index contributed by atoms with van der Waals surface area (Å²) in [5.41, 5.74) is 2.04. The Balaban J connectivity index is 1.49. The summed E-state index contributed by atoms with van der Waals surface area (Å²) in [5.74, 6) is 1.68. The molecule has 0 bridgehead atoms. The van der Waals surface area contributed by atoms with Gasteiger partial charge in [-0.05, 0) is 62.2 Å². The molecule has 0 aromatic heterocycles. The van der Waals surface area contributed by atoms with E-state index in [0.29, 0.717) is 0 Å². The number of methoxy groups -OCH3 is 1. The lowest BCUT2D eigenvalue weighted by molar-refractivity contribution is 0.211. The van der Waals surface area contributed by atoms with Crippen LogP contribution in [0.1, 0.15) is 25.8 Å². The molecule has 6 nitrogen and oxygen atoms in total. The van der Waals surface area contributed by atoms with E-state index in [1.165, 1.54) is 5.56 Å². The van der Waals surface area contributed by atoms with E-state index in [1.807, 2.05) is 55.1 Å². The van der Waals surface area contributed by atoms with Gasteiger partial charge in [0.2, 0.25) is 0 Å². The van der Waals surface area contributed by atoms with Crippen molar-refractivity contribution in [3.8, 4) is 11.5 Å². The fourth-order valence-electron chi connectivity index (χ4n) is 3.41. The fourth-order valence-corrected chi connectivity index (χ4v) is 3.41. The van der Waals surface area contributed by atoms with Crippen molar-refractivity contribution in [2.45, 2.75) is 32.9 Å². The molecule has 156 valence electrons. The highest BCUT2D eigenvalue weighted by Gasteiger charge is 2.19. The van der Waals surface area contributed by atoms with Crippen molar-refractivity contribution in [1.82, 2.24) is 9.80 Å². The highest BCUT2D eigenvalue weighted by molar-refractivity contribution is 5.89. The van der Waals surface area contributed by atoms with E-state index < -0.39 is 0 Å². The Morgan fingerprint density at radius 2 is 1.66 bits per heavy atom. The number of nitrogens with zero attached hydrogens (tertiary/aromatic N) is 2. The van der Waals surface area contributed by atoms with E-state index in [0.717, 1.165) is 56.3 Å². The lowest BCUT2D eigenvalue weighted by Crippen LogP contribution is -2.38. The monoisotopic (exact) mass is 397 g/mol. The summed E-state index contributed by atoms with van der Waals surface area (Å²) < 4.78 is 10.9. The maximum atomic E-state index is 12.7. The van der Waals surface area contributed by atoms with Crippen LogP contribution in [0.2, 0.25) is 0 Å². The molecular weight excluding hydrogens is 366 g/mol. The van der Waals surface area contributed by atoms with Gasteiger partial charge in [-0.25, -0.2) is 4.79 Å². The largest absolute Gasteiger partial charge is 0.497 e. The Labute approximate surface area is 173 Å². The topological polar surface area (TPSA) is 54.0 Å². The summed E-state index contributed by atoms with van der Waals surface area (Å²) in [5, 5.41) is 3.00. The quantitative estimate of drug-likeness (QED) is 0.793. The zero-order valence-electron chi connectivity index (χ0n) is 17.6. The van der Waals surface area contributed by atoms with Crippen LogP contribution >= 0.6 is 0 Å². The molecule has 0 spiro atoms. The number of benzene rings is 2. The van der Waals surface area contributed by atoms with Crippen LogP contribution in [-0.4, -0.2) is 55.2 Å². The van der Waals surface area contributed by atoms with Crippen LogP contribution in [-0.2, 0) is 6.54 Å². The molecule has 29 heavy (non-hydrogen) atoms. The molecule has 1 fully saturated rings. The zero-order valence-corrected chi connectivity index (χ0v) is 17.6. The highest BCUT2D eigenvalue weighted by Crippen LogP contribution is 2.18. The first-order chi connectivity index (χ1) is 14.0. The Morgan fingerprint density at radius 3 is 2.31 bits per heavy atom. The minimum Gasteiger partial charge on any atom is -0.497 e. The second kappa shape index (κ2) is 10.2. The average Bonchev–Trinajstić information content (AvgIpc) is 2.95. The normalized spacial score (nSPS) is 15.1. The Kier molecular flexibility index (Phi) is 7.36. The summed E-state index contributed by atoms with van der Waals surface area (Å²) in [6.07, 6.45) is 1.10. The van der Waals surface area contributed by atoms with Gasteiger partial charge >= 0.3 is 6.03 Å². The molecular formula is C23H31N3O3. The van der Waals surface area contributed by atoms with Gasteiger partial charge in [0.25, 0.3) is 0 Å². The molecule has 3 rings (SSSR count). The number of anilines is 1. The molecule has 1 N–H and O–H groups in total. The van der Waals surface area contributed by atoms with Crippen LogP contribution in [0.5, 0.6) is 11.5 Å². The Hall–Kier alpha value is -2.73. The number of carbonyl (C=O) groups is 1. The Bertz CT molecular complexity index is 775. The molecule has 1 saturated heterocycles. The summed E-state index contributed by atoms with van der Waals surface area (Å²) >= 11 is 0. The minimum absolute atomic E-state index is 0.0474. The second-order valence-electron chi connectivity index (χ2n) is 7.59. The third kappa shape index (κ3) is 6.39. The van der Waals surface area contributed by atoms with E-state index in [2.05, 4.69) is 22.3 Å². The van der Waals surface area contributed by atoms with Crippen molar-refractivity contribution < 1.29 is 14.3 Å². The first-order valence-corrected chi connectivity index (χ1v) is 10.2. The van der Waals surface area contributed by atoms with E-state index >= 15 is 0 Å². The van der Waals surface area contributed by atoms with Crippen molar-refractivity contribution in [3.05, 3.63) is 54.1 Å². The first-order valence-electron chi connectivity index (χ1n) is 10.2. The van der Waals surface area contributed by atoms with Gasteiger partial charge in [0.15, 0.2) is 0 Å². The van der Waals surface area contributed by atoms with Crippen LogP contribution in [0.3, 0.4) is 0 Å². The number of hydrogen-bond donors (Lipinski definition) is 1. The van der Waals surface area contributed by atoms with Gasteiger partial charge in [0, 0.05) is 38.4 Å². The smallest absolute Gasteiger partial charge is 0.321 e. The van der Waals surface area contributed by atoms with Gasteiger partial charge in [-0.3, -0.25) is 4.90 Å². The predicted octanol–water partition coefficient (Wildman–Crippen LogP) is 4.22. The molecule has 0 aliphatic carbocycles. The average molecular weight is 398 g/mol. The van der Waals surface area contributed by atoms with E-state index in [-0.39, 0.29) is 12.1 Å². The molecule has 2 aromatic carbocycles. The van der Waals surface area contributed by atoms with E-state index in [1.54, 1.807) is 7.11 Å². The number of amides is 2. The molecule has 2 aromatic rings. The predicted molar refractivity (Wildman–Crippen MR) is 116 cm³/mol. The number of ether oxygens (including phenoxy) is 2. The molecule has 2 amide bonds. The van der Waals surface area contributed by atoms with Gasteiger partial charge < -0.3 is 19.7 Å². The maximum absolute atomic E-state index is 12.7. The lowest BCUT2D eigenvalue weighted by Gasteiger charge is -2.22. The van der Waals surface area contributed by atoms with Crippen LogP contribution in [0.25, 0.3) is 0 Å². The standard InChI is InChI=1S/C23H31N3O3/c1-18(2)29-22-11-7-20(8-12-22)24-23(27)26-14-4-13-25(15-16-26)17-19-5-9-21(28-3)10-6-19/h5-12,18H,4,13-17H2,1-3H3,(H,24,27). The zero-order chi connectivity index (χ0) is 20.6. The summed E-state index contributed by atoms with van der Waals surface area (Å²) in [6, 6.07) is 15.7. The second-order valence-corrected chi connectivity index (χ2v) is 7.59. The van der Waals surface area contributed by atoms with Gasteiger partial charge in [-0.2, -0.15) is 0 Å². The number of nitrogens with one attached hydrogen (secondary N) is 1. The van der Waals surface area contributed by atoms with Crippen molar-refractivity contribution in [3.63, 3.8) is 0 Å². The number of carbonyl (C=O) groups excluding carboxylic acids is 1. The Morgan fingerprint density at radius 1 is 0.966 bits per heavy atom. The third-order valence-corrected chi connectivity index (χ3v) is 4.92. The molecule has 1 heterocycles. The SMILES string of the molecule is COc1ccc(CN2CCCN(C(=O)Nc3ccc(OC(C)C)cc3)CC2)cc1. The molecule has 0 unspecified atom stereocenters. The molecule has 0 atom stereocenters. The fraction of sp³-hybridized carbons (Fsp3) is 0.435. The lowest BCUT2D eigenvalue weighted by atomic mass is 10.2.